The molecular formula is C9H10N4O2S. The Labute approximate surface area is 93.8 Å². The number of nitrogens with one attached hydrogen (secondary N) is 2. The lowest BCUT2D eigenvalue weighted by molar-refractivity contribution is 0.538. The molecule has 0 spiro atoms. The van der Waals surface area contributed by atoms with Crippen LogP contribution in [0, 0.1) is 0 Å². The third-order valence-corrected chi connectivity index (χ3v) is 3.59. The summed E-state index contributed by atoms with van der Waals surface area (Å²) in [5.41, 5.74) is 4.90. The van der Waals surface area contributed by atoms with E-state index in [1.165, 1.54) is 0 Å². The Morgan fingerprint density at radius 1 is 1.44 bits per heavy atom. The van der Waals surface area contributed by atoms with Crippen molar-refractivity contribution in [3.63, 3.8) is 0 Å². The van der Waals surface area contributed by atoms with Gasteiger partial charge in [-0.3, -0.25) is 15.3 Å². The van der Waals surface area contributed by atoms with Crippen LogP contribution in [0.4, 0.5) is 5.69 Å². The predicted molar refractivity (Wildman–Crippen MR) is 59.3 cm³/mol. The minimum absolute atomic E-state index is 0.282. The van der Waals surface area contributed by atoms with Crippen LogP contribution in [0.5, 0.6) is 0 Å². The van der Waals surface area contributed by atoms with Crippen LogP contribution in [0.3, 0.4) is 0 Å². The van der Waals surface area contributed by atoms with E-state index in [4.69, 9.17) is 0 Å². The van der Waals surface area contributed by atoms with Gasteiger partial charge in [0.15, 0.2) is 0 Å². The van der Waals surface area contributed by atoms with Crippen LogP contribution in [-0.4, -0.2) is 31.0 Å². The van der Waals surface area contributed by atoms with Gasteiger partial charge in [-0.15, -0.1) is 0 Å². The molecule has 0 saturated carbocycles. The van der Waals surface area contributed by atoms with Gasteiger partial charge in [0.25, 0.3) is 0 Å². The molecule has 3 rings (SSSR count). The number of pyridine rings is 1. The molecule has 1 saturated heterocycles. The third-order valence-electron chi connectivity index (χ3n) is 2.79. The lowest BCUT2D eigenvalue weighted by Gasteiger charge is -2.32. The normalized spacial score (nSPS) is 22.9. The van der Waals surface area contributed by atoms with Crippen LogP contribution in [0.2, 0.25) is 0 Å². The fourth-order valence-corrected chi connectivity index (χ4v) is 2.61. The Balaban J connectivity index is 2.09. The van der Waals surface area contributed by atoms with E-state index in [1.807, 2.05) is 17.1 Å². The SMILES string of the molecule is O=S(=O)=C1CNN2c3cccnc3CNC12. The van der Waals surface area contributed by atoms with Crippen molar-refractivity contribution < 1.29 is 8.42 Å². The highest BCUT2D eigenvalue weighted by atomic mass is 32.2. The molecule has 1 fully saturated rings. The zero-order valence-electron chi connectivity index (χ0n) is 8.34. The Bertz CT molecular complexity index is 561. The fraction of sp³-hybridized carbons (Fsp3) is 0.333. The highest BCUT2D eigenvalue weighted by Gasteiger charge is 2.35. The van der Waals surface area contributed by atoms with E-state index in [0.717, 1.165) is 11.4 Å². The number of rotatable bonds is 0. The van der Waals surface area contributed by atoms with Gasteiger partial charge in [0, 0.05) is 12.7 Å². The molecule has 1 atom stereocenters. The maximum Gasteiger partial charge on any atom is 0.218 e. The van der Waals surface area contributed by atoms with Crippen LogP contribution < -0.4 is 15.8 Å². The molecule has 7 heteroatoms. The first-order valence-electron chi connectivity index (χ1n) is 4.92. The Morgan fingerprint density at radius 3 is 3.12 bits per heavy atom. The average Bonchev–Trinajstić information content (AvgIpc) is 2.73. The number of hydrogen-bond acceptors (Lipinski definition) is 6. The molecule has 6 nitrogen and oxygen atoms in total. The lowest BCUT2D eigenvalue weighted by Crippen LogP contribution is -2.51. The number of anilines is 1. The van der Waals surface area contributed by atoms with Crippen molar-refractivity contribution in [3.8, 4) is 0 Å². The Morgan fingerprint density at radius 2 is 2.31 bits per heavy atom. The molecule has 84 valence electrons. The molecule has 3 heterocycles. The van der Waals surface area contributed by atoms with Crippen molar-refractivity contribution in [3.05, 3.63) is 24.0 Å². The van der Waals surface area contributed by atoms with Crippen molar-refractivity contribution in [1.82, 2.24) is 15.7 Å². The molecule has 1 aromatic heterocycles. The minimum atomic E-state index is -2.16. The summed E-state index contributed by atoms with van der Waals surface area (Å²) in [5, 5.41) is 4.96. The molecular weight excluding hydrogens is 228 g/mol. The highest BCUT2D eigenvalue weighted by molar-refractivity contribution is 7.73. The molecule has 2 aliphatic rings. The molecule has 16 heavy (non-hydrogen) atoms. The van der Waals surface area contributed by atoms with Gasteiger partial charge in [-0.1, -0.05) is 0 Å². The van der Waals surface area contributed by atoms with Crippen molar-refractivity contribution in [2.45, 2.75) is 12.7 Å². The first-order valence-corrected chi connectivity index (χ1v) is 6.00. The topological polar surface area (TPSA) is 74.3 Å². The van der Waals surface area contributed by atoms with Crippen molar-refractivity contribution in [1.29, 1.82) is 0 Å². The second-order valence-corrected chi connectivity index (χ2v) is 4.65. The number of hydrazine groups is 1. The van der Waals surface area contributed by atoms with Gasteiger partial charge in [0.1, 0.15) is 11.0 Å². The number of hydrogen-bond donors (Lipinski definition) is 2. The van der Waals surface area contributed by atoms with Gasteiger partial charge < -0.3 is 0 Å². The van der Waals surface area contributed by atoms with Crippen LogP contribution >= 0.6 is 0 Å². The summed E-state index contributed by atoms with van der Waals surface area (Å²) in [6.07, 6.45) is 1.45. The van der Waals surface area contributed by atoms with E-state index >= 15 is 0 Å². The maximum absolute atomic E-state index is 11.0. The largest absolute Gasteiger partial charge is 0.286 e. The summed E-state index contributed by atoms with van der Waals surface area (Å²) < 4.78 is 22.0. The molecule has 1 aromatic rings. The van der Waals surface area contributed by atoms with E-state index in [2.05, 4.69) is 15.7 Å². The second-order valence-electron chi connectivity index (χ2n) is 3.66. The van der Waals surface area contributed by atoms with E-state index in [0.29, 0.717) is 18.0 Å². The summed E-state index contributed by atoms with van der Waals surface area (Å²) in [6, 6.07) is 3.77. The first kappa shape index (κ1) is 9.76. The zero-order valence-corrected chi connectivity index (χ0v) is 9.16. The van der Waals surface area contributed by atoms with Gasteiger partial charge in [-0.25, -0.2) is 5.43 Å². The van der Waals surface area contributed by atoms with Crippen molar-refractivity contribution in [2.24, 2.45) is 0 Å². The molecule has 0 aromatic carbocycles. The van der Waals surface area contributed by atoms with Crippen LogP contribution in [0.15, 0.2) is 18.3 Å². The second kappa shape index (κ2) is 3.55. The quantitative estimate of drug-likeness (QED) is 0.558. The van der Waals surface area contributed by atoms with Crippen LogP contribution in [0.25, 0.3) is 0 Å². The Kier molecular flexibility index (Phi) is 2.16. The third kappa shape index (κ3) is 1.33. The molecule has 0 bridgehead atoms. The number of fused-ring (bicyclic) bond motifs is 3. The van der Waals surface area contributed by atoms with E-state index in [1.54, 1.807) is 6.20 Å². The van der Waals surface area contributed by atoms with E-state index in [9.17, 15) is 8.42 Å². The number of nitrogens with zero attached hydrogens (tertiary/aromatic N) is 2. The van der Waals surface area contributed by atoms with Crippen LogP contribution in [0.1, 0.15) is 5.69 Å². The summed E-state index contributed by atoms with van der Waals surface area (Å²) in [7, 11) is -2.16. The van der Waals surface area contributed by atoms with Gasteiger partial charge in [0.2, 0.25) is 10.3 Å². The van der Waals surface area contributed by atoms with E-state index < -0.39 is 10.3 Å². The lowest BCUT2D eigenvalue weighted by atomic mass is 10.2. The molecule has 0 amide bonds. The predicted octanol–water partition coefficient (Wildman–Crippen LogP) is -1.11. The average molecular weight is 238 g/mol. The smallest absolute Gasteiger partial charge is 0.218 e. The Hall–Kier alpha value is -1.44. The number of aromatic nitrogens is 1. The monoisotopic (exact) mass is 238 g/mol. The summed E-state index contributed by atoms with van der Waals surface area (Å²) in [4.78, 5) is 4.68. The standard InChI is InChI=1S/C9H10N4O2S/c14-16(15)8-5-12-13-7-2-1-3-10-6(7)4-11-9(8)13/h1-3,9,11-12H,4-5H2. The summed E-state index contributed by atoms with van der Waals surface area (Å²) in [5.74, 6) is 0. The van der Waals surface area contributed by atoms with Crippen molar-refractivity contribution in [2.75, 3.05) is 11.6 Å². The summed E-state index contributed by atoms with van der Waals surface area (Å²) >= 11 is 0. The van der Waals surface area contributed by atoms with Gasteiger partial charge >= 0.3 is 0 Å². The van der Waals surface area contributed by atoms with Gasteiger partial charge in [-0.2, -0.15) is 8.42 Å². The minimum Gasteiger partial charge on any atom is -0.286 e. The van der Waals surface area contributed by atoms with Gasteiger partial charge in [-0.05, 0) is 12.1 Å². The van der Waals surface area contributed by atoms with E-state index in [-0.39, 0.29) is 6.17 Å². The molecule has 1 unspecified atom stereocenters. The molecule has 0 radical (unpaired) electrons. The van der Waals surface area contributed by atoms with Gasteiger partial charge in [0.05, 0.1) is 17.9 Å². The summed E-state index contributed by atoms with van der Waals surface area (Å²) in [6.45, 7) is 0.932. The first-order chi connectivity index (χ1) is 7.77. The van der Waals surface area contributed by atoms with Crippen molar-refractivity contribution >= 4 is 20.8 Å². The van der Waals surface area contributed by atoms with Crippen LogP contribution in [-0.2, 0) is 16.8 Å². The zero-order chi connectivity index (χ0) is 11.1. The molecule has 2 aliphatic heterocycles. The fourth-order valence-electron chi connectivity index (χ4n) is 2.05. The maximum atomic E-state index is 11.0. The molecule has 0 aliphatic carbocycles. The molecule has 2 N–H and O–H groups in total. The highest BCUT2D eigenvalue weighted by Crippen LogP contribution is 2.24.